The average molecular weight is 164 g/mol. The number of ether oxygens (including phenoxy) is 1. The van der Waals surface area contributed by atoms with Gasteiger partial charge >= 0.3 is 6.18 Å². The van der Waals surface area contributed by atoms with Crippen molar-refractivity contribution >= 4 is 0 Å². The van der Waals surface area contributed by atoms with E-state index in [9.17, 15) is 13.2 Å². The molecular weight excluding hydrogens is 159 g/mol. The van der Waals surface area contributed by atoms with E-state index in [4.69, 9.17) is 0 Å². The van der Waals surface area contributed by atoms with E-state index in [2.05, 4.69) is 10.1 Å². The van der Waals surface area contributed by atoms with Crippen molar-refractivity contribution in [2.45, 2.75) is 13.1 Å². The van der Waals surface area contributed by atoms with E-state index in [-0.39, 0.29) is 5.76 Å². The molecule has 0 spiro atoms. The summed E-state index contributed by atoms with van der Waals surface area (Å²) in [6, 6.07) is 0. The monoisotopic (exact) mass is 164 g/mol. The Hall–Kier alpha value is -1.13. The fourth-order valence-electron chi connectivity index (χ4n) is 0.657. The lowest BCUT2D eigenvalue weighted by Gasteiger charge is -2.15. The Labute approximate surface area is 61.3 Å². The van der Waals surface area contributed by atoms with Crippen molar-refractivity contribution in [1.29, 1.82) is 0 Å². The van der Waals surface area contributed by atoms with Gasteiger partial charge in [0, 0.05) is 0 Å². The van der Waals surface area contributed by atoms with Crippen LogP contribution < -0.4 is 5.32 Å². The van der Waals surface area contributed by atoms with Crippen molar-refractivity contribution in [3.63, 3.8) is 0 Å². The van der Waals surface area contributed by atoms with Crippen LogP contribution in [0.3, 0.4) is 0 Å². The summed E-state index contributed by atoms with van der Waals surface area (Å²) in [5.74, 6) is -0.222. The van der Waals surface area contributed by atoms with E-state index in [1.165, 1.54) is 6.92 Å². The molecule has 1 radical (unpaired) electrons. The molecule has 1 rings (SSSR count). The largest absolute Gasteiger partial charge is 0.466 e. The molecule has 0 unspecified atom stereocenters. The molecule has 0 saturated heterocycles. The molecule has 0 atom stereocenters. The summed E-state index contributed by atoms with van der Waals surface area (Å²) in [6.07, 6.45) is -2.35. The number of nitrogens with zero attached hydrogens (tertiary/aromatic N) is 1. The Morgan fingerprint density at radius 3 is 2.45 bits per heavy atom. The number of allylic oxidation sites excluding steroid dienone is 2. The Kier molecular flexibility index (Phi) is 1.80. The van der Waals surface area contributed by atoms with E-state index in [1.54, 1.807) is 0 Å². The second-order valence-electron chi connectivity index (χ2n) is 1.93. The topological polar surface area (TPSA) is 23.3 Å². The summed E-state index contributed by atoms with van der Waals surface area (Å²) in [5, 5.41) is 3.13. The Morgan fingerprint density at radius 1 is 1.45 bits per heavy atom. The number of hydrogen-bond acceptors (Lipinski definition) is 1. The van der Waals surface area contributed by atoms with Gasteiger partial charge in [-0.05, 0) is 6.92 Å². The zero-order valence-corrected chi connectivity index (χ0v) is 5.64. The minimum absolute atomic E-state index is 0.222. The Balaban J connectivity index is 2.85. The molecule has 0 amide bonds. The van der Waals surface area contributed by atoms with Crippen molar-refractivity contribution in [2.75, 3.05) is 0 Å². The summed E-state index contributed by atoms with van der Waals surface area (Å²) in [4.78, 5) is 0. The fraction of sp³-hybridized carbons (Fsp3) is 0.333. The van der Waals surface area contributed by atoms with E-state index >= 15 is 0 Å². The molecule has 0 aromatic rings. The highest BCUT2D eigenvalue weighted by atomic mass is 19.4. The highest BCUT2D eigenvalue weighted by Gasteiger charge is 2.38. The second-order valence-corrected chi connectivity index (χ2v) is 1.93. The molecule has 0 aromatic heterocycles. The lowest BCUT2D eigenvalue weighted by Crippen LogP contribution is -2.22. The first kappa shape index (κ1) is 7.97. The third-order valence-electron chi connectivity index (χ3n) is 1.11. The smallest absolute Gasteiger partial charge is 0.436 e. The van der Waals surface area contributed by atoms with Crippen LogP contribution in [0.25, 0.3) is 0 Å². The molecule has 61 valence electrons. The zero-order chi connectivity index (χ0) is 8.48. The minimum atomic E-state index is -4.42. The first-order chi connectivity index (χ1) is 5.02. The predicted octanol–water partition coefficient (Wildman–Crippen LogP) is 1.89. The number of halogens is 3. The lowest BCUT2D eigenvalue weighted by atomic mass is 10.3. The van der Waals surface area contributed by atoms with Gasteiger partial charge in [0.2, 0.25) is 0 Å². The molecule has 0 N–H and O–H groups in total. The molecule has 1 heterocycles. The molecule has 1 aliphatic rings. The maximum absolute atomic E-state index is 11.9. The van der Waals surface area contributed by atoms with Gasteiger partial charge in [0.05, 0.1) is 6.20 Å². The van der Waals surface area contributed by atoms with Crippen molar-refractivity contribution in [1.82, 2.24) is 5.32 Å². The standard InChI is InChI=1S/C6H5F3NO/c1-4-5(6(7,8)9)10-2-3-11-4/h2-3H,1H3. The second kappa shape index (κ2) is 2.48. The quantitative estimate of drug-likeness (QED) is 0.536. The highest BCUT2D eigenvalue weighted by molar-refractivity contribution is 5.15. The Morgan fingerprint density at radius 2 is 2.09 bits per heavy atom. The van der Waals surface area contributed by atoms with Gasteiger partial charge in [-0.25, -0.2) is 5.32 Å². The van der Waals surface area contributed by atoms with Crippen molar-refractivity contribution in [3.05, 3.63) is 23.9 Å². The van der Waals surface area contributed by atoms with Crippen molar-refractivity contribution < 1.29 is 17.9 Å². The van der Waals surface area contributed by atoms with Gasteiger partial charge in [-0.1, -0.05) is 0 Å². The molecule has 0 aromatic carbocycles. The van der Waals surface area contributed by atoms with E-state index in [1.807, 2.05) is 0 Å². The lowest BCUT2D eigenvalue weighted by molar-refractivity contribution is -0.0997. The van der Waals surface area contributed by atoms with Crippen LogP contribution in [0.4, 0.5) is 13.2 Å². The van der Waals surface area contributed by atoms with Crippen LogP contribution in [0, 0.1) is 0 Å². The molecule has 5 heteroatoms. The minimum Gasteiger partial charge on any atom is -0.466 e. The SMILES string of the molecule is CC1=C(C(F)(F)F)[N]C=CO1. The van der Waals surface area contributed by atoms with Gasteiger partial charge in [0.1, 0.15) is 12.0 Å². The molecule has 0 bridgehead atoms. The summed E-state index contributed by atoms with van der Waals surface area (Å²) in [7, 11) is 0. The van der Waals surface area contributed by atoms with E-state index < -0.39 is 11.9 Å². The van der Waals surface area contributed by atoms with E-state index in [0.29, 0.717) is 0 Å². The summed E-state index contributed by atoms with van der Waals surface area (Å²) in [5.41, 5.74) is -0.972. The van der Waals surface area contributed by atoms with Gasteiger partial charge in [-0.2, -0.15) is 13.2 Å². The fourth-order valence-corrected chi connectivity index (χ4v) is 0.657. The van der Waals surface area contributed by atoms with Crippen molar-refractivity contribution in [2.24, 2.45) is 0 Å². The molecule has 0 aliphatic carbocycles. The molecule has 1 aliphatic heterocycles. The highest BCUT2D eigenvalue weighted by Crippen LogP contribution is 2.28. The zero-order valence-electron chi connectivity index (χ0n) is 5.64. The third-order valence-corrected chi connectivity index (χ3v) is 1.11. The van der Waals surface area contributed by atoms with Crippen LogP contribution in [-0.2, 0) is 4.74 Å². The number of hydrogen-bond donors (Lipinski definition) is 0. The van der Waals surface area contributed by atoms with Crippen LogP contribution in [0.5, 0.6) is 0 Å². The van der Waals surface area contributed by atoms with Crippen LogP contribution in [-0.4, -0.2) is 6.18 Å². The maximum Gasteiger partial charge on any atom is 0.436 e. The first-order valence-corrected chi connectivity index (χ1v) is 2.82. The van der Waals surface area contributed by atoms with Gasteiger partial charge in [-0.3, -0.25) is 0 Å². The third kappa shape index (κ3) is 1.66. The summed E-state index contributed by atoms with van der Waals surface area (Å²) < 4.78 is 40.3. The maximum atomic E-state index is 11.9. The van der Waals surface area contributed by atoms with Crippen LogP contribution in [0.15, 0.2) is 23.9 Å². The predicted molar refractivity (Wildman–Crippen MR) is 31.1 cm³/mol. The van der Waals surface area contributed by atoms with Crippen LogP contribution in [0.1, 0.15) is 6.92 Å². The molecule has 0 saturated carbocycles. The van der Waals surface area contributed by atoms with E-state index in [0.717, 1.165) is 12.5 Å². The molecule has 11 heavy (non-hydrogen) atoms. The van der Waals surface area contributed by atoms with Gasteiger partial charge in [0.25, 0.3) is 0 Å². The van der Waals surface area contributed by atoms with Gasteiger partial charge < -0.3 is 4.74 Å². The van der Waals surface area contributed by atoms with Gasteiger partial charge in [-0.15, -0.1) is 0 Å². The van der Waals surface area contributed by atoms with Crippen molar-refractivity contribution in [3.8, 4) is 0 Å². The summed E-state index contributed by atoms with van der Waals surface area (Å²) in [6.45, 7) is 1.22. The molecule has 2 nitrogen and oxygen atoms in total. The molecule has 0 fully saturated rings. The normalized spacial score (nSPS) is 17.8. The van der Waals surface area contributed by atoms with Gasteiger partial charge in [0.15, 0.2) is 5.70 Å². The number of rotatable bonds is 0. The van der Waals surface area contributed by atoms with Crippen LogP contribution >= 0.6 is 0 Å². The molecular formula is C6H5F3NO. The summed E-state index contributed by atoms with van der Waals surface area (Å²) >= 11 is 0. The van der Waals surface area contributed by atoms with Crippen LogP contribution in [0.2, 0.25) is 0 Å². The average Bonchev–Trinajstić information content (AvgIpc) is 1.86. The first-order valence-electron chi connectivity index (χ1n) is 2.82. The number of alkyl halides is 3. The Bertz CT molecular complexity index is 216.